The Balaban J connectivity index is 1.70. The molecule has 4 nitrogen and oxygen atoms in total. The molecule has 1 aromatic rings. The van der Waals surface area contributed by atoms with E-state index in [4.69, 9.17) is 0 Å². The van der Waals surface area contributed by atoms with Gasteiger partial charge in [0.15, 0.2) is 0 Å². The minimum absolute atomic E-state index is 0.134. The summed E-state index contributed by atoms with van der Waals surface area (Å²) in [7, 11) is 0. The summed E-state index contributed by atoms with van der Waals surface area (Å²) in [5.74, 6) is 0.664. The van der Waals surface area contributed by atoms with Crippen molar-refractivity contribution in [2.75, 3.05) is 13.1 Å². The molecule has 0 radical (unpaired) electrons. The summed E-state index contributed by atoms with van der Waals surface area (Å²) in [6.07, 6.45) is 0.636. The summed E-state index contributed by atoms with van der Waals surface area (Å²) in [4.78, 5) is 15.8. The van der Waals surface area contributed by atoms with E-state index >= 15 is 0 Å². The van der Waals surface area contributed by atoms with Crippen LogP contribution in [0.15, 0.2) is 5.38 Å². The number of thiazole rings is 1. The highest BCUT2D eigenvalue weighted by molar-refractivity contribution is 7.09. The highest BCUT2D eigenvalue weighted by atomic mass is 32.1. The number of nitrogens with zero attached hydrogens (tertiary/aromatic N) is 1. The molecule has 5 heteroatoms. The van der Waals surface area contributed by atoms with Crippen LogP contribution in [0.25, 0.3) is 0 Å². The van der Waals surface area contributed by atoms with Crippen molar-refractivity contribution < 1.29 is 4.79 Å². The Bertz CT molecular complexity index is 346. The third-order valence-corrected chi connectivity index (χ3v) is 3.41. The summed E-state index contributed by atoms with van der Waals surface area (Å²) in [5, 5.41) is 9.02. The molecule has 1 aromatic heterocycles. The first-order chi connectivity index (χ1) is 7.24. The molecule has 0 aliphatic carbocycles. The van der Waals surface area contributed by atoms with Crippen LogP contribution in [0.4, 0.5) is 0 Å². The molecule has 15 heavy (non-hydrogen) atoms. The van der Waals surface area contributed by atoms with E-state index < -0.39 is 0 Å². The van der Waals surface area contributed by atoms with Gasteiger partial charge in [0.2, 0.25) is 5.91 Å². The summed E-state index contributed by atoms with van der Waals surface area (Å²) in [6, 6.07) is 0. The minimum atomic E-state index is 0.134. The molecule has 2 heterocycles. The van der Waals surface area contributed by atoms with E-state index in [1.807, 2.05) is 12.3 Å². The second-order valence-corrected chi connectivity index (χ2v) is 4.83. The summed E-state index contributed by atoms with van der Waals surface area (Å²) < 4.78 is 0. The summed E-state index contributed by atoms with van der Waals surface area (Å²) in [6.45, 7) is 4.48. The monoisotopic (exact) mass is 225 g/mol. The fraction of sp³-hybridized carbons (Fsp3) is 0.600. The first-order valence-corrected chi connectivity index (χ1v) is 6.00. The van der Waals surface area contributed by atoms with Gasteiger partial charge in [0.1, 0.15) is 5.01 Å². The largest absolute Gasteiger partial charge is 0.350 e. The molecule has 1 aliphatic rings. The molecule has 0 aromatic carbocycles. The van der Waals surface area contributed by atoms with Crippen molar-refractivity contribution in [3.8, 4) is 0 Å². The summed E-state index contributed by atoms with van der Waals surface area (Å²) in [5.41, 5.74) is 1.02. The molecule has 2 N–H and O–H groups in total. The Morgan fingerprint density at radius 3 is 3.07 bits per heavy atom. The van der Waals surface area contributed by atoms with Crippen molar-refractivity contribution in [3.05, 3.63) is 16.1 Å². The molecule has 0 bridgehead atoms. The second-order valence-electron chi connectivity index (χ2n) is 3.89. The Morgan fingerprint density at radius 1 is 1.73 bits per heavy atom. The minimum Gasteiger partial charge on any atom is -0.350 e. The van der Waals surface area contributed by atoms with E-state index in [2.05, 4.69) is 15.6 Å². The molecule has 82 valence electrons. The number of amides is 1. The second kappa shape index (κ2) is 4.72. The fourth-order valence-electron chi connectivity index (χ4n) is 1.49. The molecule has 0 atom stereocenters. The van der Waals surface area contributed by atoms with Crippen LogP contribution >= 0.6 is 11.3 Å². The van der Waals surface area contributed by atoms with E-state index in [0.29, 0.717) is 18.9 Å². The zero-order chi connectivity index (χ0) is 10.7. The first-order valence-electron chi connectivity index (χ1n) is 5.12. The van der Waals surface area contributed by atoms with E-state index in [0.717, 1.165) is 23.8 Å². The first kappa shape index (κ1) is 10.6. The Labute approximate surface area is 93.1 Å². The third kappa shape index (κ3) is 3.00. The number of aryl methyl sites for hydroxylation is 1. The number of hydrogen-bond acceptors (Lipinski definition) is 4. The van der Waals surface area contributed by atoms with Crippen LogP contribution in [0.2, 0.25) is 0 Å². The maximum absolute atomic E-state index is 11.5. The molecule has 1 fully saturated rings. The van der Waals surface area contributed by atoms with E-state index in [-0.39, 0.29) is 5.91 Å². The van der Waals surface area contributed by atoms with Crippen molar-refractivity contribution in [2.45, 2.75) is 19.9 Å². The molecular formula is C10H15N3OS. The number of nitrogens with one attached hydrogen (secondary N) is 2. The lowest BCUT2D eigenvalue weighted by Crippen LogP contribution is -2.44. The van der Waals surface area contributed by atoms with Gasteiger partial charge in [0.25, 0.3) is 0 Å². The van der Waals surface area contributed by atoms with Gasteiger partial charge in [-0.2, -0.15) is 0 Å². The quantitative estimate of drug-likeness (QED) is 0.792. The highest BCUT2D eigenvalue weighted by Gasteiger charge is 2.19. The normalized spacial score (nSPS) is 16.1. The van der Waals surface area contributed by atoms with Gasteiger partial charge < -0.3 is 10.6 Å². The Hall–Kier alpha value is -0.940. The predicted molar refractivity (Wildman–Crippen MR) is 59.7 cm³/mol. The lowest BCUT2D eigenvalue weighted by atomic mass is 9.99. The smallest absolute Gasteiger partial charge is 0.220 e. The zero-order valence-corrected chi connectivity index (χ0v) is 9.56. The number of carbonyl (C=O) groups excluding carboxylic acids is 1. The van der Waals surface area contributed by atoms with Crippen LogP contribution in [0.3, 0.4) is 0 Å². The van der Waals surface area contributed by atoms with E-state index in [9.17, 15) is 4.79 Å². The highest BCUT2D eigenvalue weighted by Crippen LogP contribution is 2.10. The van der Waals surface area contributed by atoms with Crippen LogP contribution in [0.5, 0.6) is 0 Å². The standard InChI is InChI=1S/C10H15N3OS/c1-7-6-15-10(13-7)5-12-9(14)2-8-3-11-4-8/h6,8,11H,2-5H2,1H3,(H,12,14). The average molecular weight is 225 g/mol. The zero-order valence-electron chi connectivity index (χ0n) is 8.75. The number of aromatic nitrogens is 1. The molecule has 2 rings (SSSR count). The van der Waals surface area contributed by atoms with Gasteiger partial charge in [-0.25, -0.2) is 4.98 Å². The topological polar surface area (TPSA) is 54.0 Å². The van der Waals surface area contributed by atoms with Gasteiger partial charge in [0.05, 0.1) is 6.54 Å². The van der Waals surface area contributed by atoms with Gasteiger partial charge >= 0.3 is 0 Å². The van der Waals surface area contributed by atoms with Crippen LogP contribution in [0, 0.1) is 12.8 Å². The van der Waals surface area contributed by atoms with Crippen molar-refractivity contribution in [3.63, 3.8) is 0 Å². The lowest BCUT2D eigenvalue weighted by Gasteiger charge is -2.26. The fourth-order valence-corrected chi connectivity index (χ4v) is 2.20. The van der Waals surface area contributed by atoms with Crippen LogP contribution in [0.1, 0.15) is 17.1 Å². The van der Waals surface area contributed by atoms with Crippen LogP contribution in [-0.4, -0.2) is 24.0 Å². The van der Waals surface area contributed by atoms with E-state index in [1.165, 1.54) is 0 Å². The van der Waals surface area contributed by atoms with Gasteiger partial charge in [-0.1, -0.05) is 0 Å². The number of hydrogen-bond donors (Lipinski definition) is 2. The van der Waals surface area contributed by atoms with Gasteiger partial charge in [-0.3, -0.25) is 4.79 Å². The third-order valence-electron chi connectivity index (χ3n) is 2.44. The van der Waals surface area contributed by atoms with Gasteiger partial charge in [-0.15, -0.1) is 11.3 Å². The van der Waals surface area contributed by atoms with Gasteiger partial charge in [-0.05, 0) is 25.9 Å². The lowest BCUT2D eigenvalue weighted by molar-refractivity contribution is -0.122. The maximum Gasteiger partial charge on any atom is 0.220 e. The molecule has 1 amide bonds. The number of rotatable bonds is 4. The predicted octanol–water partition coefficient (Wildman–Crippen LogP) is 0.677. The molecule has 0 saturated carbocycles. The Morgan fingerprint density at radius 2 is 2.53 bits per heavy atom. The maximum atomic E-state index is 11.5. The van der Waals surface area contributed by atoms with Crippen LogP contribution in [-0.2, 0) is 11.3 Å². The van der Waals surface area contributed by atoms with E-state index in [1.54, 1.807) is 11.3 Å². The molecule has 1 aliphatic heterocycles. The average Bonchev–Trinajstić information content (AvgIpc) is 2.55. The molecule has 0 unspecified atom stereocenters. The van der Waals surface area contributed by atoms with Crippen molar-refractivity contribution in [1.82, 2.24) is 15.6 Å². The molecule has 0 spiro atoms. The number of carbonyl (C=O) groups is 1. The molecular weight excluding hydrogens is 210 g/mol. The van der Waals surface area contributed by atoms with Gasteiger partial charge in [0, 0.05) is 17.5 Å². The summed E-state index contributed by atoms with van der Waals surface area (Å²) >= 11 is 1.59. The van der Waals surface area contributed by atoms with Crippen molar-refractivity contribution in [2.24, 2.45) is 5.92 Å². The Kier molecular flexibility index (Phi) is 3.33. The van der Waals surface area contributed by atoms with Crippen molar-refractivity contribution in [1.29, 1.82) is 0 Å². The SMILES string of the molecule is Cc1csc(CNC(=O)CC2CNC2)n1. The van der Waals surface area contributed by atoms with Crippen molar-refractivity contribution >= 4 is 17.2 Å². The molecule has 1 saturated heterocycles. The van der Waals surface area contributed by atoms with Crippen LogP contribution < -0.4 is 10.6 Å².